The largest absolute Gasteiger partial charge is 0.287 e. The molecule has 2 nitrogen and oxygen atoms in total. The summed E-state index contributed by atoms with van der Waals surface area (Å²) in [4.78, 5) is 13.3. The number of aryl methyl sites for hydroxylation is 2. The maximum absolute atomic E-state index is 11.7. The molecule has 0 spiro atoms. The van der Waals surface area contributed by atoms with Crippen molar-refractivity contribution < 1.29 is 4.79 Å². The van der Waals surface area contributed by atoms with E-state index in [1.54, 1.807) is 4.90 Å². The standard InChI is InChI=1S/C15H15NOS/c1-11-3-7-13(8-4-11)16(15(17)18)14-9-5-12(2)6-10-14/h3-10H,1-2H3,(H,17,18). The average molecular weight is 257 g/mol. The fraction of sp³-hybridized carbons (Fsp3) is 0.133. The summed E-state index contributed by atoms with van der Waals surface area (Å²) in [6, 6.07) is 15.6. The van der Waals surface area contributed by atoms with Crippen LogP contribution >= 0.6 is 12.6 Å². The van der Waals surface area contributed by atoms with Gasteiger partial charge >= 0.3 is 0 Å². The Morgan fingerprint density at radius 1 is 0.833 bits per heavy atom. The quantitative estimate of drug-likeness (QED) is 0.786. The van der Waals surface area contributed by atoms with Crippen LogP contribution in [0.2, 0.25) is 0 Å². The zero-order chi connectivity index (χ0) is 13.1. The lowest BCUT2D eigenvalue weighted by Gasteiger charge is -2.21. The molecule has 0 aliphatic rings. The molecule has 18 heavy (non-hydrogen) atoms. The molecule has 0 bridgehead atoms. The van der Waals surface area contributed by atoms with Gasteiger partial charge in [0.25, 0.3) is 5.24 Å². The molecule has 0 aliphatic heterocycles. The minimum absolute atomic E-state index is 0.289. The lowest BCUT2D eigenvalue weighted by atomic mass is 10.2. The maximum Gasteiger partial charge on any atom is 0.287 e. The zero-order valence-electron chi connectivity index (χ0n) is 10.4. The molecule has 0 saturated heterocycles. The number of benzene rings is 2. The minimum atomic E-state index is -0.289. The van der Waals surface area contributed by atoms with Crippen molar-refractivity contribution in [3.63, 3.8) is 0 Å². The minimum Gasteiger partial charge on any atom is -0.272 e. The van der Waals surface area contributed by atoms with Crippen molar-refractivity contribution in [2.75, 3.05) is 4.90 Å². The van der Waals surface area contributed by atoms with Crippen LogP contribution in [0.3, 0.4) is 0 Å². The molecule has 2 aromatic carbocycles. The first-order chi connectivity index (χ1) is 8.58. The SMILES string of the molecule is Cc1ccc(N(C(=O)S)c2ccc(C)cc2)cc1. The number of carbonyl (C=O) groups is 1. The summed E-state index contributed by atoms with van der Waals surface area (Å²) in [5.74, 6) is 0. The molecule has 0 radical (unpaired) electrons. The molecule has 0 aliphatic carbocycles. The van der Waals surface area contributed by atoms with Crippen LogP contribution in [0.25, 0.3) is 0 Å². The second kappa shape index (κ2) is 5.27. The highest BCUT2D eigenvalue weighted by Crippen LogP contribution is 2.27. The first-order valence-corrected chi connectivity index (χ1v) is 6.19. The van der Waals surface area contributed by atoms with Gasteiger partial charge in [-0.05, 0) is 38.1 Å². The normalized spacial score (nSPS) is 10.2. The van der Waals surface area contributed by atoms with Crippen LogP contribution in [0.15, 0.2) is 48.5 Å². The number of carbonyl (C=O) groups excluding carboxylic acids is 1. The molecule has 2 rings (SSSR count). The second-order valence-corrected chi connectivity index (χ2v) is 4.67. The summed E-state index contributed by atoms with van der Waals surface area (Å²) in [5.41, 5.74) is 3.97. The molecule has 3 heteroatoms. The van der Waals surface area contributed by atoms with Crippen LogP contribution in [-0.4, -0.2) is 5.24 Å². The summed E-state index contributed by atoms with van der Waals surface area (Å²) in [5, 5.41) is -0.289. The number of thiol groups is 1. The van der Waals surface area contributed by atoms with Gasteiger partial charge in [-0.15, -0.1) is 0 Å². The van der Waals surface area contributed by atoms with Crippen LogP contribution < -0.4 is 4.90 Å². The van der Waals surface area contributed by atoms with Crippen LogP contribution in [0, 0.1) is 13.8 Å². The zero-order valence-corrected chi connectivity index (χ0v) is 11.3. The lowest BCUT2D eigenvalue weighted by molar-refractivity contribution is 0.267. The van der Waals surface area contributed by atoms with E-state index < -0.39 is 0 Å². The van der Waals surface area contributed by atoms with Crippen molar-refractivity contribution in [2.24, 2.45) is 0 Å². The third-order valence-corrected chi connectivity index (χ3v) is 2.98. The van der Waals surface area contributed by atoms with Crippen molar-refractivity contribution >= 4 is 29.2 Å². The summed E-state index contributed by atoms with van der Waals surface area (Å²) >= 11 is 3.95. The van der Waals surface area contributed by atoms with Crippen molar-refractivity contribution in [1.29, 1.82) is 0 Å². The Morgan fingerprint density at radius 3 is 1.44 bits per heavy atom. The number of rotatable bonds is 2. The van der Waals surface area contributed by atoms with Crippen LogP contribution in [0.5, 0.6) is 0 Å². The van der Waals surface area contributed by atoms with E-state index in [2.05, 4.69) is 12.6 Å². The molecule has 0 aromatic heterocycles. The summed E-state index contributed by atoms with van der Waals surface area (Å²) in [6.07, 6.45) is 0. The molecule has 0 fully saturated rings. The number of nitrogens with zero attached hydrogens (tertiary/aromatic N) is 1. The van der Waals surface area contributed by atoms with Gasteiger partial charge in [-0.25, -0.2) is 0 Å². The predicted octanol–water partition coefficient (Wildman–Crippen LogP) is 4.49. The van der Waals surface area contributed by atoms with Crippen LogP contribution in [0.4, 0.5) is 16.2 Å². The van der Waals surface area contributed by atoms with Crippen molar-refractivity contribution in [1.82, 2.24) is 0 Å². The molecule has 1 amide bonds. The number of hydrogen-bond donors (Lipinski definition) is 1. The second-order valence-electron chi connectivity index (χ2n) is 4.29. The van der Waals surface area contributed by atoms with Gasteiger partial charge in [0.1, 0.15) is 0 Å². The van der Waals surface area contributed by atoms with Crippen molar-refractivity contribution in [3.05, 3.63) is 59.7 Å². The molecule has 0 atom stereocenters. The molecule has 0 heterocycles. The van der Waals surface area contributed by atoms with Crippen molar-refractivity contribution in [2.45, 2.75) is 13.8 Å². The van der Waals surface area contributed by atoms with Gasteiger partial charge in [0.2, 0.25) is 0 Å². The van der Waals surface area contributed by atoms with Gasteiger partial charge in [0, 0.05) is 11.4 Å². The van der Waals surface area contributed by atoms with E-state index in [1.165, 1.54) is 0 Å². The highest BCUT2D eigenvalue weighted by atomic mass is 32.1. The average Bonchev–Trinajstić information content (AvgIpc) is 2.34. The first-order valence-electron chi connectivity index (χ1n) is 5.74. The summed E-state index contributed by atoms with van der Waals surface area (Å²) in [6.45, 7) is 4.03. The fourth-order valence-electron chi connectivity index (χ4n) is 1.76. The Balaban J connectivity index is 2.43. The number of anilines is 2. The molecular formula is C15H15NOS. The molecular weight excluding hydrogens is 242 g/mol. The van der Waals surface area contributed by atoms with Crippen LogP contribution in [-0.2, 0) is 0 Å². The first kappa shape index (κ1) is 12.7. The molecule has 0 N–H and O–H groups in total. The van der Waals surface area contributed by atoms with Gasteiger partial charge in [0.05, 0.1) is 0 Å². The van der Waals surface area contributed by atoms with Gasteiger partial charge in [-0.3, -0.25) is 9.69 Å². The monoisotopic (exact) mass is 257 g/mol. The topological polar surface area (TPSA) is 20.3 Å². The predicted molar refractivity (Wildman–Crippen MR) is 78.9 cm³/mol. The Morgan fingerprint density at radius 2 is 1.17 bits per heavy atom. The smallest absolute Gasteiger partial charge is 0.272 e. The van der Waals surface area contributed by atoms with Crippen LogP contribution in [0.1, 0.15) is 11.1 Å². The van der Waals surface area contributed by atoms with E-state index in [-0.39, 0.29) is 5.24 Å². The lowest BCUT2D eigenvalue weighted by Crippen LogP contribution is -2.19. The Labute approximate surface area is 113 Å². The van der Waals surface area contributed by atoms with E-state index >= 15 is 0 Å². The molecule has 0 saturated carbocycles. The van der Waals surface area contributed by atoms with Gasteiger partial charge < -0.3 is 0 Å². The van der Waals surface area contributed by atoms with E-state index in [0.717, 1.165) is 22.5 Å². The molecule has 0 unspecified atom stereocenters. The van der Waals surface area contributed by atoms with Gasteiger partial charge in [-0.2, -0.15) is 0 Å². The summed E-state index contributed by atoms with van der Waals surface area (Å²) in [7, 11) is 0. The third-order valence-electron chi connectivity index (χ3n) is 2.78. The Kier molecular flexibility index (Phi) is 3.72. The van der Waals surface area contributed by atoms with Gasteiger partial charge in [-0.1, -0.05) is 48.0 Å². The number of hydrogen-bond acceptors (Lipinski definition) is 1. The highest BCUT2D eigenvalue weighted by Gasteiger charge is 2.14. The highest BCUT2D eigenvalue weighted by molar-refractivity contribution is 7.97. The maximum atomic E-state index is 11.7. The Hall–Kier alpha value is -1.74. The Bertz CT molecular complexity index is 500. The van der Waals surface area contributed by atoms with E-state index in [4.69, 9.17) is 0 Å². The fourth-order valence-corrected chi connectivity index (χ4v) is 1.99. The molecule has 2 aromatic rings. The van der Waals surface area contributed by atoms with Gasteiger partial charge in [0.15, 0.2) is 0 Å². The number of amides is 1. The summed E-state index contributed by atoms with van der Waals surface area (Å²) < 4.78 is 0. The van der Waals surface area contributed by atoms with Crippen molar-refractivity contribution in [3.8, 4) is 0 Å². The van der Waals surface area contributed by atoms with E-state index in [1.807, 2.05) is 62.4 Å². The molecule has 92 valence electrons. The van der Waals surface area contributed by atoms with E-state index in [9.17, 15) is 4.79 Å². The third kappa shape index (κ3) is 2.74. The van der Waals surface area contributed by atoms with E-state index in [0.29, 0.717) is 0 Å².